The average molecular weight is 460 g/mol. The first kappa shape index (κ1) is 23.2. The summed E-state index contributed by atoms with van der Waals surface area (Å²) in [5.74, 6) is -0.166. The minimum atomic E-state index is -0.563. The molecule has 0 aliphatic carbocycles. The molecule has 0 unspecified atom stereocenters. The number of carbonyl (C=O) groups excluding carboxylic acids is 1. The molecule has 2 aromatic heterocycles. The van der Waals surface area contributed by atoms with Crippen molar-refractivity contribution in [1.29, 1.82) is 0 Å². The van der Waals surface area contributed by atoms with Crippen molar-refractivity contribution in [3.63, 3.8) is 0 Å². The summed E-state index contributed by atoms with van der Waals surface area (Å²) in [5, 5.41) is 2.84. The SMILES string of the molecule is Cc1ccc(C)c(NC(=O)Cn2c(=O)c3c(ncn3CC(C)C)n(Cc3ccccc3)c2=O)c1. The van der Waals surface area contributed by atoms with Crippen molar-refractivity contribution < 1.29 is 4.79 Å². The van der Waals surface area contributed by atoms with Crippen LogP contribution in [-0.2, 0) is 24.4 Å². The molecule has 8 nitrogen and oxygen atoms in total. The predicted octanol–water partition coefficient (Wildman–Crippen LogP) is 3.32. The molecule has 0 saturated carbocycles. The second-order valence-corrected chi connectivity index (χ2v) is 9.08. The number of anilines is 1. The lowest BCUT2D eigenvalue weighted by Gasteiger charge is -2.14. The molecule has 8 heteroatoms. The number of aromatic nitrogens is 4. The van der Waals surface area contributed by atoms with Crippen LogP contribution in [0.5, 0.6) is 0 Å². The Bertz CT molecular complexity index is 1460. The number of aryl methyl sites for hydroxylation is 2. The second-order valence-electron chi connectivity index (χ2n) is 9.08. The number of benzene rings is 2. The van der Waals surface area contributed by atoms with Gasteiger partial charge in [-0.1, -0.05) is 56.3 Å². The van der Waals surface area contributed by atoms with E-state index in [1.807, 2.05) is 76.2 Å². The second kappa shape index (κ2) is 9.51. The zero-order valence-electron chi connectivity index (χ0n) is 19.9. The molecule has 0 radical (unpaired) electrons. The summed E-state index contributed by atoms with van der Waals surface area (Å²) >= 11 is 0. The lowest BCUT2D eigenvalue weighted by Crippen LogP contribution is -2.43. The van der Waals surface area contributed by atoms with E-state index < -0.39 is 17.2 Å². The van der Waals surface area contributed by atoms with Crippen LogP contribution in [0.2, 0.25) is 0 Å². The van der Waals surface area contributed by atoms with Crippen molar-refractivity contribution in [3.8, 4) is 0 Å². The Morgan fingerprint density at radius 2 is 1.76 bits per heavy atom. The van der Waals surface area contributed by atoms with E-state index in [9.17, 15) is 14.4 Å². The van der Waals surface area contributed by atoms with Crippen molar-refractivity contribution in [2.75, 3.05) is 5.32 Å². The Labute approximate surface area is 197 Å². The number of hydrogen-bond acceptors (Lipinski definition) is 4. The third kappa shape index (κ3) is 4.71. The van der Waals surface area contributed by atoms with Crippen molar-refractivity contribution in [2.45, 2.75) is 47.3 Å². The van der Waals surface area contributed by atoms with E-state index >= 15 is 0 Å². The van der Waals surface area contributed by atoms with Crippen LogP contribution in [0, 0.1) is 19.8 Å². The maximum Gasteiger partial charge on any atom is 0.333 e. The molecule has 176 valence electrons. The summed E-state index contributed by atoms with van der Waals surface area (Å²) in [6.45, 7) is 8.35. The highest BCUT2D eigenvalue weighted by Crippen LogP contribution is 2.16. The first-order chi connectivity index (χ1) is 16.2. The average Bonchev–Trinajstić information content (AvgIpc) is 3.20. The van der Waals surface area contributed by atoms with E-state index in [-0.39, 0.29) is 19.0 Å². The minimum Gasteiger partial charge on any atom is -0.324 e. The van der Waals surface area contributed by atoms with E-state index in [2.05, 4.69) is 10.3 Å². The highest BCUT2D eigenvalue weighted by Gasteiger charge is 2.20. The Balaban J connectivity index is 1.80. The van der Waals surface area contributed by atoms with Crippen LogP contribution in [-0.4, -0.2) is 24.6 Å². The third-order valence-corrected chi connectivity index (χ3v) is 5.70. The summed E-state index contributed by atoms with van der Waals surface area (Å²) in [6, 6.07) is 15.2. The summed E-state index contributed by atoms with van der Waals surface area (Å²) in [7, 11) is 0. The highest BCUT2D eigenvalue weighted by atomic mass is 16.2. The maximum absolute atomic E-state index is 13.4. The monoisotopic (exact) mass is 459 g/mol. The summed E-state index contributed by atoms with van der Waals surface area (Å²) in [5.41, 5.74) is 3.03. The van der Waals surface area contributed by atoms with Crippen LogP contribution in [0.3, 0.4) is 0 Å². The van der Waals surface area contributed by atoms with Crippen molar-refractivity contribution in [2.24, 2.45) is 5.92 Å². The third-order valence-electron chi connectivity index (χ3n) is 5.70. The molecule has 0 spiro atoms. The van der Waals surface area contributed by atoms with Gasteiger partial charge < -0.3 is 9.88 Å². The molecule has 0 fully saturated rings. The number of nitrogens with zero attached hydrogens (tertiary/aromatic N) is 4. The fraction of sp³-hybridized carbons (Fsp3) is 0.308. The fourth-order valence-corrected chi connectivity index (χ4v) is 4.02. The molecule has 4 rings (SSSR count). The van der Waals surface area contributed by atoms with Crippen molar-refractivity contribution in [3.05, 3.63) is 92.4 Å². The molecule has 4 aromatic rings. The van der Waals surface area contributed by atoms with E-state index in [0.717, 1.165) is 21.3 Å². The number of hydrogen-bond donors (Lipinski definition) is 1. The van der Waals surface area contributed by atoms with Crippen LogP contribution in [0.15, 0.2) is 64.4 Å². The van der Waals surface area contributed by atoms with Gasteiger partial charge in [0.1, 0.15) is 6.54 Å². The van der Waals surface area contributed by atoms with Gasteiger partial charge >= 0.3 is 5.69 Å². The number of rotatable bonds is 7. The minimum absolute atomic E-state index is 0.244. The quantitative estimate of drug-likeness (QED) is 0.459. The molecule has 34 heavy (non-hydrogen) atoms. The molecule has 0 bridgehead atoms. The van der Waals surface area contributed by atoms with Gasteiger partial charge in [0.2, 0.25) is 5.91 Å². The summed E-state index contributed by atoms with van der Waals surface area (Å²) in [4.78, 5) is 44.2. The van der Waals surface area contributed by atoms with Gasteiger partial charge in [0.25, 0.3) is 5.56 Å². The predicted molar refractivity (Wildman–Crippen MR) is 133 cm³/mol. The van der Waals surface area contributed by atoms with Crippen molar-refractivity contribution >= 4 is 22.8 Å². The lowest BCUT2D eigenvalue weighted by molar-refractivity contribution is -0.116. The molecule has 0 atom stereocenters. The molecule has 0 aliphatic rings. The van der Waals surface area contributed by atoms with Gasteiger partial charge in [-0.05, 0) is 42.5 Å². The van der Waals surface area contributed by atoms with Gasteiger partial charge in [-0.3, -0.25) is 14.2 Å². The largest absolute Gasteiger partial charge is 0.333 e. The van der Waals surface area contributed by atoms with Gasteiger partial charge in [0, 0.05) is 12.2 Å². The van der Waals surface area contributed by atoms with Crippen LogP contribution in [0.25, 0.3) is 11.2 Å². The first-order valence-electron chi connectivity index (χ1n) is 11.3. The summed E-state index contributed by atoms with van der Waals surface area (Å²) in [6.07, 6.45) is 1.59. The van der Waals surface area contributed by atoms with E-state index in [4.69, 9.17) is 0 Å². The number of fused-ring (bicyclic) bond motifs is 1. The van der Waals surface area contributed by atoms with Crippen LogP contribution < -0.4 is 16.6 Å². The van der Waals surface area contributed by atoms with Crippen LogP contribution in [0.1, 0.15) is 30.5 Å². The maximum atomic E-state index is 13.4. The van der Waals surface area contributed by atoms with Gasteiger partial charge in [-0.2, -0.15) is 0 Å². The highest BCUT2D eigenvalue weighted by molar-refractivity contribution is 5.91. The van der Waals surface area contributed by atoms with E-state index in [0.29, 0.717) is 23.4 Å². The van der Waals surface area contributed by atoms with Crippen LogP contribution >= 0.6 is 0 Å². The first-order valence-corrected chi connectivity index (χ1v) is 11.3. The van der Waals surface area contributed by atoms with Gasteiger partial charge in [0.05, 0.1) is 12.9 Å². The Morgan fingerprint density at radius 3 is 2.47 bits per heavy atom. The Kier molecular flexibility index (Phi) is 6.49. The Morgan fingerprint density at radius 1 is 1.03 bits per heavy atom. The number of amides is 1. The topological polar surface area (TPSA) is 90.9 Å². The molecule has 0 aliphatic heterocycles. The van der Waals surface area contributed by atoms with Gasteiger partial charge in [-0.15, -0.1) is 0 Å². The number of imidazole rings is 1. The number of carbonyl (C=O) groups is 1. The summed E-state index contributed by atoms with van der Waals surface area (Å²) < 4.78 is 4.24. The molecule has 2 heterocycles. The molecule has 1 N–H and O–H groups in total. The number of nitrogens with one attached hydrogen (secondary N) is 1. The van der Waals surface area contributed by atoms with Crippen molar-refractivity contribution in [1.82, 2.24) is 18.7 Å². The van der Waals surface area contributed by atoms with Gasteiger partial charge in [-0.25, -0.2) is 14.3 Å². The zero-order valence-corrected chi connectivity index (χ0v) is 19.9. The van der Waals surface area contributed by atoms with Gasteiger partial charge in [0.15, 0.2) is 11.2 Å². The normalized spacial score (nSPS) is 11.3. The molecular weight excluding hydrogens is 430 g/mol. The molecular formula is C26H29N5O3. The molecule has 1 amide bonds. The molecule has 2 aromatic carbocycles. The zero-order chi connectivity index (χ0) is 24.4. The van der Waals surface area contributed by atoms with E-state index in [1.54, 1.807) is 10.9 Å². The smallest absolute Gasteiger partial charge is 0.324 e. The lowest BCUT2D eigenvalue weighted by atomic mass is 10.1. The molecule has 0 saturated heterocycles. The fourth-order valence-electron chi connectivity index (χ4n) is 4.02. The standard InChI is InChI=1S/C26H29N5O3/c1-17(2)13-29-16-27-24-23(29)25(33)31(26(34)30(24)14-20-8-6-5-7-9-20)15-22(32)28-21-12-18(3)10-11-19(21)4/h5-12,16-17H,13-15H2,1-4H3,(H,28,32). The Hall–Kier alpha value is -3.94. The van der Waals surface area contributed by atoms with E-state index in [1.165, 1.54) is 4.57 Å². The van der Waals surface area contributed by atoms with Crippen LogP contribution in [0.4, 0.5) is 5.69 Å².